The van der Waals surface area contributed by atoms with Crippen LogP contribution in [0.15, 0.2) is 0 Å². The Morgan fingerprint density at radius 1 is 0.450 bits per heavy atom. The number of imide groups is 1. The van der Waals surface area contributed by atoms with Gasteiger partial charge in [-0.05, 0) is 65.2 Å². The van der Waals surface area contributed by atoms with Crippen LogP contribution >= 0.6 is 89.1 Å². The Morgan fingerprint density at radius 2 is 0.775 bits per heavy atom. The zero-order valence-electron chi connectivity index (χ0n) is 65.1. The molecule has 4 aliphatic carbocycles. The minimum absolute atomic E-state index is 0.00500. The zero-order chi connectivity index (χ0) is 84.9. The number of amides is 4. The van der Waals surface area contributed by atoms with Crippen LogP contribution < -0.4 is 22.1 Å². The molecule has 5 fully saturated rings. The van der Waals surface area contributed by atoms with Gasteiger partial charge in [-0.25, -0.2) is 4.79 Å². The first-order chi connectivity index (χ1) is 53.4. The molecule has 1 aliphatic heterocycles. The predicted molar refractivity (Wildman–Crippen MR) is 428 cm³/mol. The molecule has 0 radical (unpaired) electrons. The molecule has 1 saturated heterocycles. The van der Waals surface area contributed by atoms with E-state index in [2.05, 4.69) is 34.0 Å². The zero-order valence-corrected chi connectivity index (χ0v) is 70.3. The van der Waals surface area contributed by atoms with Gasteiger partial charge in [-0.15, -0.1) is 23.5 Å². The van der Waals surface area contributed by atoms with Crippen molar-refractivity contribution in [2.45, 2.75) is 206 Å². The second kappa shape index (κ2) is 58.0. The number of carbonyl (C=O) groups excluding carboxylic acids is 14. The van der Waals surface area contributed by atoms with Crippen LogP contribution in [-0.4, -0.2) is 280 Å². The molecule has 0 spiro atoms. The third-order valence-electron chi connectivity index (χ3n) is 17.5. The van der Waals surface area contributed by atoms with Crippen LogP contribution in [0.2, 0.25) is 0 Å². The van der Waals surface area contributed by atoms with Gasteiger partial charge in [-0.1, -0.05) is 13.8 Å². The number of nitrogens with two attached hydrogens (primary N) is 2. The van der Waals surface area contributed by atoms with Crippen molar-refractivity contribution in [3.05, 3.63) is 0 Å². The van der Waals surface area contributed by atoms with Crippen molar-refractivity contribution < 1.29 is 133 Å². The number of hydroxylamine groups is 2. The Morgan fingerprint density at radius 3 is 1.13 bits per heavy atom. The molecule has 40 heteroatoms. The standard InChI is InChI=1S/C26H44N2O7P2S2.C20H32O7S2.C15H17NO9.C10H18N2O4S2/c1-3-18(25(33)27-11-21(31)13-36)15-38-23-4-5-24(23)39-16-19(26(34)28-12-22(32)14-37)10-20(30)7-9-35-8-6-17(2)29;1-3-14(19(23)24)11-28-17-4-5-18(17)29-12-15(20(25)26)10-16(22)7-9-27-8-6-13(2)21;17-9-1-2-10(18)15(9)24-13(21)5-7-23-8-6-14(22)25-16-11(19)3-4-12(16)20;11-5(9(13)14)3-17-7-1-2-8(7)18-4-6(12)10(15)16/h18-19,23-24H,3-16,36-37H2,1-2H3,(H,27,33)(H,28,34);14-15,17-18H,3-12H2,1-2H3,(H,23,24)(H,25,26);15H,1-8H2;5-8H,1-4,11-12H2,(H,13,14)(H,15,16)/i13T,14T;;;. The summed E-state index contributed by atoms with van der Waals surface area (Å²) in [5.41, 5.74) is 10.9. The van der Waals surface area contributed by atoms with Crippen LogP contribution in [0.3, 0.4) is 0 Å². The van der Waals surface area contributed by atoms with Gasteiger partial charge in [-0.2, -0.15) is 70.6 Å². The molecule has 5 aliphatic rings. The van der Waals surface area contributed by atoms with Gasteiger partial charge in [-0.3, -0.25) is 81.5 Å². The Kier molecular flexibility index (Phi) is 51.4. The molecular weight excluding hydrogens is 1610 g/mol. The van der Waals surface area contributed by atoms with E-state index in [9.17, 15) is 91.4 Å². The quantitative estimate of drug-likeness (QED) is 0.0138. The lowest BCUT2D eigenvalue weighted by atomic mass is 9.99. The van der Waals surface area contributed by atoms with Gasteiger partial charge < -0.3 is 66.3 Å². The number of rotatable bonds is 56. The molecule has 16 unspecified atom stereocenters. The van der Waals surface area contributed by atoms with Gasteiger partial charge in [0.15, 0.2) is 23.1 Å². The monoisotopic (exact) mass is 1720 g/mol. The second-order valence-electron chi connectivity index (χ2n) is 26.4. The summed E-state index contributed by atoms with van der Waals surface area (Å²) < 4.78 is 35.3. The molecule has 0 aromatic heterocycles. The number of carboxylic acid groups (broad SMARTS) is 4. The van der Waals surface area contributed by atoms with Gasteiger partial charge in [0.2, 0.25) is 17.9 Å². The average molecular weight is 1730 g/mol. The van der Waals surface area contributed by atoms with Crippen molar-refractivity contribution >= 4 is 195 Å². The maximum absolute atomic E-state index is 12.9. The molecule has 0 bridgehead atoms. The largest absolute Gasteiger partial charge is 0.481 e. The molecule has 1 heterocycles. The van der Waals surface area contributed by atoms with Gasteiger partial charge in [0.1, 0.15) is 35.2 Å². The van der Waals surface area contributed by atoms with Crippen LogP contribution in [0.5, 0.6) is 0 Å². The molecule has 0 aromatic carbocycles. The van der Waals surface area contributed by atoms with E-state index >= 15 is 0 Å². The predicted octanol–water partition coefficient (Wildman–Crippen LogP) is 4.27. The van der Waals surface area contributed by atoms with Gasteiger partial charge in [0, 0.05) is 151 Å². The number of carbonyl (C=O) groups is 18. The Balaban J connectivity index is 0.000000532. The van der Waals surface area contributed by atoms with Crippen molar-refractivity contribution in [1.82, 2.24) is 15.7 Å². The first-order valence-electron chi connectivity index (χ1n) is 37.7. The van der Waals surface area contributed by atoms with E-state index in [0.29, 0.717) is 85.1 Å². The summed E-state index contributed by atoms with van der Waals surface area (Å²) in [6.07, 6.45) is 4.59. The van der Waals surface area contributed by atoms with E-state index < -0.39 is 113 Å². The summed E-state index contributed by atoms with van der Waals surface area (Å²) in [6.45, 7) is 7.03. The lowest BCUT2D eigenvalue weighted by Gasteiger charge is -2.37. The van der Waals surface area contributed by atoms with Crippen molar-refractivity contribution in [2.24, 2.45) is 35.1 Å². The Hall–Kier alpha value is -4.98. The molecule has 628 valence electrons. The lowest BCUT2D eigenvalue weighted by molar-refractivity contribution is -0.198. The molecule has 5 rings (SSSR count). The Labute approximate surface area is 680 Å². The summed E-state index contributed by atoms with van der Waals surface area (Å²) >= 11 is 9.67. The van der Waals surface area contributed by atoms with E-state index in [4.69, 9.17) is 48.5 Å². The highest BCUT2D eigenvalue weighted by molar-refractivity contribution is 8.04. The summed E-state index contributed by atoms with van der Waals surface area (Å²) in [6, 6.07) is -1.66. The number of nitrogens with one attached hydrogen (secondary N) is 2. The van der Waals surface area contributed by atoms with Crippen molar-refractivity contribution in [2.75, 3.05) is 99.5 Å². The van der Waals surface area contributed by atoms with Gasteiger partial charge >= 0.3 is 35.8 Å². The SMILES string of the molecule is CCC(CSC1CCC1SCC(CC(=O)CCOCCC(C)=O)C(=O)O)C(=O)O.NC(CSC1CCC1SCC(N)C(=O)O)C(=O)O.O=C(CCOCCC(=O)ON1C(=O)CCC1=O)OC1C(=O)CCC1=O.[3H]C(P)C(=O)CNC(=O)C(CC)CSC1CCC1SCC(CC(=O)CCOCCC(C)=O)C(=O)NCC(=O)C([3H])P. The maximum Gasteiger partial charge on any atom is 0.335 e. The Bertz CT molecular complexity index is 3100. The highest BCUT2D eigenvalue weighted by Crippen LogP contribution is 2.44. The van der Waals surface area contributed by atoms with E-state index in [1.165, 1.54) is 13.8 Å². The van der Waals surface area contributed by atoms with E-state index in [1.54, 1.807) is 70.6 Å². The van der Waals surface area contributed by atoms with Gasteiger partial charge in [0.25, 0.3) is 11.8 Å². The van der Waals surface area contributed by atoms with Crippen molar-refractivity contribution in [1.29, 1.82) is 0 Å². The fraction of sp³-hybridized carbons (Fsp3) is 0.746. The topological polar surface area (TPSA) is 514 Å². The number of nitrogens with zero attached hydrogens (tertiary/aromatic N) is 1. The summed E-state index contributed by atoms with van der Waals surface area (Å²) in [4.78, 5) is 212. The summed E-state index contributed by atoms with van der Waals surface area (Å²) in [5, 5.41) is 43.5. The van der Waals surface area contributed by atoms with Crippen molar-refractivity contribution in [3.8, 4) is 0 Å². The number of Topliss-reactive ketones (excluding diaryl/α,β-unsaturated/α-hetero) is 8. The number of hydrogen-bond donors (Lipinski definition) is 8. The number of aliphatic carboxylic acids is 4. The fourth-order valence-corrected chi connectivity index (χ4v) is 19.9. The van der Waals surface area contributed by atoms with Crippen LogP contribution in [0.1, 0.15) is 159 Å². The normalized spacial score (nSPS) is 20.8. The molecule has 4 amide bonds. The minimum atomic E-state index is -1.31. The van der Waals surface area contributed by atoms with Gasteiger partial charge in [0.05, 0.1) is 83.3 Å². The van der Waals surface area contributed by atoms with Crippen LogP contribution in [-0.2, 0) is 110 Å². The third-order valence-corrected chi connectivity index (χ3v) is 28.2. The molecular formula is C71H111N5O27P2S6. The number of ketones is 8. The molecule has 111 heavy (non-hydrogen) atoms. The van der Waals surface area contributed by atoms with Crippen LogP contribution in [0.4, 0.5) is 0 Å². The molecule has 32 nitrogen and oxygen atoms in total. The van der Waals surface area contributed by atoms with Crippen molar-refractivity contribution in [3.63, 3.8) is 0 Å². The first kappa shape index (κ1) is 98.4. The molecule has 16 atom stereocenters. The van der Waals surface area contributed by atoms with E-state index in [-0.39, 0.29) is 175 Å². The smallest absolute Gasteiger partial charge is 0.335 e. The minimum Gasteiger partial charge on any atom is -0.481 e. The van der Waals surface area contributed by atoms with E-state index in [1.807, 2.05) is 13.8 Å². The number of thioether (sulfide) groups is 6. The third kappa shape index (κ3) is 43.5. The molecule has 4 saturated carbocycles. The number of esters is 1. The number of hydrogen-bond acceptors (Lipinski definition) is 31. The van der Waals surface area contributed by atoms with Crippen LogP contribution in [0, 0.1) is 23.7 Å². The van der Waals surface area contributed by atoms with E-state index in [0.717, 1.165) is 38.5 Å². The number of ether oxygens (including phenoxy) is 4. The summed E-state index contributed by atoms with van der Waals surface area (Å²) in [5.74, 6) is -8.10. The molecule has 0 aromatic rings. The highest BCUT2D eigenvalue weighted by atomic mass is 32.2. The highest BCUT2D eigenvalue weighted by Gasteiger charge is 2.39. The first-order valence-corrected chi connectivity index (χ1v) is 44.2. The average Bonchev–Trinajstić information content (AvgIpc) is 1.62. The fourth-order valence-electron chi connectivity index (χ4n) is 9.95. The maximum atomic E-state index is 12.9. The molecule has 10 N–H and O–H groups in total. The second-order valence-corrected chi connectivity index (χ2v) is 34.7. The summed E-state index contributed by atoms with van der Waals surface area (Å²) in [7, 11) is 4.18. The number of carboxylic acids is 4. The van der Waals surface area contributed by atoms with Crippen LogP contribution in [0.25, 0.3) is 0 Å². The lowest BCUT2D eigenvalue weighted by Crippen LogP contribution is -2.39.